The van der Waals surface area contributed by atoms with Gasteiger partial charge in [0.15, 0.2) is 0 Å². The van der Waals surface area contributed by atoms with Gasteiger partial charge in [0, 0.05) is 24.3 Å². The average Bonchev–Trinajstić information content (AvgIpc) is 3.20. The van der Waals surface area contributed by atoms with E-state index in [4.69, 9.17) is 4.74 Å². The molecule has 0 aliphatic carbocycles. The van der Waals surface area contributed by atoms with Crippen LogP contribution in [0.1, 0.15) is 28.3 Å². The summed E-state index contributed by atoms with van der Waals surface area (Å²) in [6.45, 7) is 1.85. The van der Waals surface area contributed by atoms with Crippen LogP contribution in [-0.2, 0) is 4.74 Å². The first-order chi connectivity index (χ1) is 10.2. The third-order valence-electron chi connectivity index (χ3n) is 3.14. The lowest BCUT2D eigenvalue weighted by Crippen LogP contribution is -2.08. The summed E-state index contributed by atoms with van der Waals surface area (Å²) in [4.78, 5) is 17.0. The van der Waals surface area contributed by atoms with Gasteiger partial charge in [-0.3, -0.25) is 4.98 Å². The van der Waals surface area contributed by atoms with Crippen molar-refractivity contribution in [1.82, 2.24) is 9.55 Å². The van der Waals surface area contributed by atoms with Crippen molar-refractivity contribution in [3.8, 4) is 5.69 Å². The Morgan fingerprint density at radius 3 is 2.57 bits per heavy atom. The first-order valence-electron chi connectivity index (χ1n) is 6.57. The third-order valence-corrected chi connectivity index (χ3v) is 4.08. The molecular weight excluding hydrogens is 284 g/mol. The van der Waals surface area contributed by atoms with Crippen LogP contribution < -0.4 is 0 Å². The van der Waals surface area contributed by atoms with Crippen LogP contribution in [0.4, 0.5) is 0 Å². The van der Waals surface area contributed by atoms with E-state index in [1.165, 1.54) is 11.3 Å². The molecule has 2 heterocycles. The topological polar surface area (TPSA) is 44.1 Å². The molecule has 0 unspecified atom stereocenters. The van der Waals surface area contributed by atoms with Crippen LogP contribution in [-0.4, -0.2) is 15.5 Å². The number of thiazole rings is 1. The van der Waals surface area contributed by atoms with Gasteiger partial charge >= 0.3 is 5.97 Å². The Morgan fingerprint density at radius 1 is 1.24 bits per heavy atom. The van der Waals surface area contributed by atoms with Crippen LogP contribution in [0.2, 0.25) is 0 Å². The van der Waals surface area contributed by atoms with E-state index >= 15 is 0 Å². The molecule has 21 heavy (non-hydrogen) atoms. The number of nitrogens with zero attached hydrogens (tertiary/aromatic N) is 2. The summed E-state index contributed by atoms with van der Waals surface area (Å²) in [6, 6.07) is 11.3. The van der Waals surface area contributed by atoms with Crippen LogP contribution in [0, 0.1) is 0 Å². The van der Waals surface area contributed by atoms with Crippen LogP contribution >= 0.6 is 11.3 Å². The monoisotopic (exact) mass is 298 g/mol. The highest BCUT2D eigenvalue weighted by Crippen LogP contribution is 2.22. The number of hydrogen-bond acceptors (Lipinski definition) is 4. The molecule has 0 bridgehead atoms. The van der Waals surface area contributed by atoms with Crippen molar-refractivity contribution >= 4 is 17.3 Å². The van der Waals surface area contributed by atoms with Crippen molar-refractivity contribution in [3.05, 3.63) is 70.9 Å². The number of carbonyl (C=O) groups is 1. The number of esters is 1. The third kappa shape index (κ3) is 3.03. The summed E-state index contributed by atoms with van der Waals surface area (Å²) in [5, 5.41) is 0. The number of aromatic nitrogens is 2. The van der Waals surface area contributed by atoms with E-state index in [0.717, 1.165) is 10.6 Å². The minimum atomic E-state index is -0.324. The molecular formula is C16H14N2O2S. The number of rotatable bonds is 4. The molecule has 106 valence electrons. The second-order valence-corrected chi connectivity index (χ2v) is 5.51. The molecule has 0 amide bonds. The fourth-order valence-corrected chi connectivity index (χ4v) is 2.59. The predicted molar refractivity (Wildman–Crippen MR) is 81.7 cm³/mol. The molecule has 1 atom stereocenters. The van der Waals surface area contributed by atoms with Crippen molar-refractivity contribution in [3.63, 3.8) is 0 Å². The molecule has 0 fully saturated rings. The Kier molecular flexibility index (Phi) is 3.83. The SMILES string of the molecule is C[C@@H](OC(=O)c1ccc(-n2cccc2)cc1)c1cncs1. The average molecular weight is 298 g/mol. The number of hydrogen-bond donors (Lipinski definition) is 0. The maximum Gasteiger partial charge on any atom is 0.338 e. The Morgan fingerprint density at radius 2 is 1.95 bits per heavy atom. The predicted octanol–water partition coefficient (Wildman–Crippen LogP) is 3.85. The van der Waals surface area contributed by atoms with Gasteiger partial charge in [0.25, 0.3) is 0 Å². The normalized spacial score (nSPS) is 12.0. The Hall–Kier alpha value is -2.40. The maximum absolute atomic E-state index is 12.1. The van der Waals surface area contributed by atoms with E-state index < -0.39 is 0 Å². The van der Waals surface area contributed by atoms with Gasteiger partial charge < -0.3 is 9.30 Å². The maximum atomic E-state index is 12.1. The van der Waals surface area contributed by atoms with Gasteiger partial charge in [-0.1, -0.05) is 0 Å². The molecule has 0 spiro atoms. The van der Waals surface area contributed by atoms with Crippen LogP contribution in [0.25, 0.3) is 5.69 Å². The zero-order valence-corrected chi connectivity index (χ0v) is 12.3. The van der Waals surface area contributed by atoms with Crippen molar-refractivity contribution < 1.29 is 9.53 Å². The van der Waals surface area contributed by atoms with Gasteiger partial charge in [-0.15, -0.1) is 11.3 Å². The summed E-state index contributed by atoms with van der Waals surface area (Å²) < 4.78 is 7.42. The summed E-state index contributed by atoms with van der Waals surface area (Å²) in [5.41, 5.74) is 3.28. The molecule has 0 radical (unpaired) electrons. The van der Waals surface area contributed by atoms with Crippen molar-refractivity contribution in [2.75, 3.05) is 0 Å². The zero-order valence-electron chi connectivity index (χ0n) is 11.5. The minimum absolute atomic E-state index is 0.283. The van der Waals surface area contributed by atoms with Gasteiger partial charge in [-0.2, -0.15) is 0 Å². The second kappa shape index (κ2) is 5.93. The zero-order chi connectivity index (χ0) is 14.7. The summed E-state index contributed by atoms with van der Waals surface area (Å²) in [5.74, 6) is -0.324. The first-order valence-corrected chi connectivity index (χ1v) is 7.45. The highest BCUT2D eigenvalue weighted by Gasteiger charge is 2.14. The first kappa shape index (κ1) is 13.6. The standard InChI is InChI=1S/C16H14N2O2S/c1-12(15-10-17-11-21-15)20-16(19)13-4-6-14(7-5-13)18-8-2-3-9-18/h2-12H,1H3/t12-/m1/s1. The van der Waals surface area contributed by atoms with Crippen LogP contribution in [0.3, 0.4) is 0 Å². The Balaban J connectivity index is 1.70. The summed E-state index contributed by atoms with van der Waals surface area (Å²) >= 11 is 1.48. The van der Waals surface area contributed by atoms with E-state index in [1.54, 1.807) is 23.8 Å². The van der Waals surface area contributed by atoms with Crippen molar-refractivity contribution in [2.24, 2.45) is 0 Å². The number of benzene rings is 1. The fourth-order valence-electron chi connectivity index (χ4n) is 1.99. The molecule has 0 aliphatic heterocycles. The molecule has 2 aromatic heterocycles. The second-order valence-electron chi connectivity index (χ2n) is 4.59. The molecule has 5 heteroatoms. The number of carbonyl (C=O) groups excluding carboxylic acids is 1. The van der Waals surface area contributed by atoms with Crippen LogP contribution in [0.5, 0.6) is 0 Å². The van der Waals surface area contributed by atoms with Crippen molar-refractivity contribution in [1.29, 1.82) is 0 Å². The van der Waals surface area contributed by atoms with Gasteiger partial charge in [0.1, 0.15) is 6.10 Å². The summed E-state index contributed by atoms with van der Waals surface area (Å²) in [6.07, 6.45) is 5.35. The van der Waals surface area contributed by atoms with E-state index in [0.29, 0.717) is 5.56 Å². The van der Waals surface area contributed by atoms with Crippen molar-refractivity contribution in [2.45, 2.75) is 13.0 Å². The van der Waals surface area contributed by atoms with E-state index in [9.17, 15) is 4.79 Å². The molecule has 3 rings (SSSR count). The van der Waals surface area contributed by atoms with E-state index in [1.807, 2.05) is 48.1 Å². The molecule has 0 saturated carbocycles. The fraction of sp³-hybridized carbons (Fsp3) is 0.125. The highest BCUT2D eigenvalue weighted by atomic mass is 32.1. The molecule has 0 N–H and O–H groups in total. The van der Waals surface area contributed by atoms with Gasteiger partial charge in [-0.25, -0.2) is 4.79 Å². The molecule has 4 nitrogen and oxygen atoms in total. The molecule has 0 saturated heterocycles. The lowest BCUT2D eigenvalue weighted by molar-refractivity contribution is 0.0344. The highest BCUT2D eigenvalue weighted by molar-refractivity contribution is 7.09. The molecule has 3 aromatic rings. The summed E-state index contributed by atoms with van der Waals surface area (Å²) in [7, 11) is 0. The van der Waals surface area contributed by atoms with Gasteiger partial charge in [0.2, 0.25) is 0 Å². The quantitative estimate of drug-likeness (QED) is 0.687. The largest absolute Gasteiger partial charge is 0.453 e. The lowest BCUT2D eigenvalue weighted by atomic mass is 10.2. The minimum Gasteiger partial charge on any atom is -0.453 e. The molecule has 1 aromatic carbocycles. The Bertz CT molecular complexity index is 703. The van der Waals surface area contributed by atoms with E-state index in [-0.39, 0.29) is 12.1 Å². The Labute approximate surface area is 126 Å². The number of ether oxygens (including phenoxy) is 1. The molecule has 0 aliphatic rings. The van der Waals surface area contributed by atoms with Gasteiger partial charge in [-0.05, 0) is 43.3 Å². The lowest BCUT2D eigenvalue weighted by Gasteiger charge is -2.11. The van der Waals surface area contributed by atoms with E-state index in [2.05, 4.69) is 4.98 Å². The van der Waals surface area contributed by atoms with Gasteiger partial charge in [0.05, 0.1) is 16.0 Å². The van der Waals surface area contributed by atoms with Crippen LogP contribution in [0.15, 0.2) is 60.5 Å². The smallest absolute Gasteiger partial charge is 0.338 e.